The summed E-state index contributed by atoms with van der Waals surface area (Å²) in [6.45, 7) is 3.41. The fraction of sp³-hybridized carbons (Fsp3) is 0.412. The van der Waals surface area contributed by atoms with Crippen molar-refractivity contribution in [3.05, 3.63) is 46.4 Å². The van der Waals surface area contributed by atoms with Crippen LogP contribution in [0, 0.1) is 5.92 Å². The summed E-state index contributed by atoms with van der Waals surface area (Å²) in [7, 11) is 0. The van der Waals surface area contributed by atoms with Gasteiger partial charge in [0.15, 0.2) is 0 Å². The number of hydrogen-bond acceptors (Lipinski definition) is 3. The van der Waals surface area contributed by atoms with Crippen LogP contribution >= 0.6 is 12.4 Å². The van der Waals surface area contributed by atoms with E-state index in [1.165, 1.54) is 0 Å². The second-order valence-electron chi connectivity index (χ2n) is 6.09. The molecule has 1 atom stereocenters. The van der Waals surface area contributed by atoms with Gasteiger partial charge in [-0.15, -0.1) is 12.4 Å². The zero-order valence-corrected chi connectivity index (χ0v) is 13.9. The summed E-state index contributed by atoms with van der Waals surface area (Å²) < 4.78 is 0. The number of aromatic amines is 1. The van der Waals surface area contributed by atoms with Crippen molar-refractivity contribution in [2.24, 2.45) is 11.7 Å². The van der Waals surface area contributed by atoms with Crippen molar-refractivity contribution in [1.82, 2.24) is 9.88 Å². The Labute approximate surface area is 141 Å². The monoisotopic (exact) mass is 335 g/mol. The molecule has 23 heavy (non-hydrogen) atoms. The summed E-state index contributed by atoms with van der Waals surface area (Å²) >= 11 is 0. The first-order valence-electron chi connectivity index (χ1n) is 7.73. The maximum absolute atomic E-state index is 12.6. The molecule has 1 aliphatic rings. The van der Waals surface area contributed by atoms with Gasteiger partial charge in [-0.3, -0.25) is 9.59 Å². The number of amides is 1. The van der Waals surface area contributed by atoms with Gasteiger partial charge < -0.3 is 15.6 Å². The van der Waals surface area contributed by atoms with E-state index in [0.29, 0.717) is 30.1 Å². The number of pyridine rings is 1. The number of nitrogens with zero attached hydrogens (tertiary/aromatic N) is 1. The molecule has 1 fully saturated rings. The first-order chi connectivity index (χ1) is 10.6. The Bertz CT molecular complexity index is 749. The van der Waals surface area contributed by atoms with Crippen molar-refractivity contribution >= 4 is 29.1 Å². The lowest BCUT2D eigenvalue weighted by Gasteiger charge is -2.33. The van der Waals surface area contributed by atoms with Crippen molar-refractivity contribution in [2.45, 2.75) is 25.8 Å². The molecular formula is C17H22ClN3O2. The number of benzene rings is 1. The highest BCUT2D eigenvalue weighted by Crippen LogP contribution is 2.21. The number of nitrogens with one attached hydrogen (secondary N) is 1. The minimum Gasteiger partial charge on any atom is -0.337 e. The first-order valence-corrected chi connectivity index (χ1v) is 7.73. The van der Waals surface area contributed by atoms with Crippen molar-refractivity contribution in [1.29, 1.82) is 0 Å². The minimum absolute atomic E-state index is 0. The molecule has 6 heteroatoms. The number of likely N-dealkylation sites (tertiary alicyclic amines) is 1. The van der Waals surface area contributed by atoms with Crippen LogP contribution < -0.4 is 11.3 Å². The van der Waals surface area contributed by atoms with Gasteiger partial charge in [-0.25, -0.2) is 0 Å². The molecule has 3 rings (SSSR count). The lowest BCUT2D eigenvalue weighted by atomic mass is 9.91. The van der Waals surface area contributed by atoms with E-state index in [-0.39, 0.29) is 29.9 Å². The van der Waals surface area contributed by atoms with E-state index in [9.17, 15) is 9.59 Å². The van der Waals surface area contributed by atoms with Crippen LogP contribution in [-0.2, 0) is 0 Å². The molecule has 1 unspecified atom stereocenters. The molecule has 3 N–H and O–H groups in total. The van der Waals surface area contributed by atoms with Gasteiger partial charge in [0.05, 0.1) is 0 Å². The Kier molecular flexibility index (Phi) is 5.44. The SMILES string of the molecule is CC(N)C1CCN(C(=O)c2cc3ccccc3c(=O)[nH]2)CC1.Cl. The number of fused-ring (bicyclic) bond motifs is 1. The van der Waals surface area contributed by atoms with Gasteiger partial charge in [-0.1, -0.05) is 18.2 Å². The molecule has 0 radical (unpaired) electrons. The molecule has 1 aromatic carbocycles. The van der Waals surface area contributed by atoms with Crippen LogP contribution in [0.3, 0.4) is 0 Å². The second-order valence-corrected chi connectivity index (χ2v) is 6.09. The largest absolute Gasteiger partial charge is 0.337 e. The highest BCUT2D eigenvalue weighted by molar-refractivity contribution is 5.96. The van der Waals surface area contributed by atoms with Gasteiger partial charge in [0.1, 0.15) is 5.69 Å². The zero-order chi connectivity index (χ0) is 15.7. The minimum atomic E-state index is -0.216. The van der Waals surface area contributed by atoms with Crippen LogP contribution in [0.4, 0.5) is 0 Å². The van der Waals surface area contributed by atoms with Crippen LogP contribution in [-0.4, -0.2) is 34.9 Å². The Hall–Kier alpha value is -1.85. The molecule has 124 valence electrons. The van der Waals surface area contributed by atoms with E-state index in [1.807, 2.05) is 25.1 Å². The number of hydrogen-bond donors (Lipinski definition) is 2. The number of halogens is 1. The third-order valence-corrected chi connectivity index (χ3v) is 4.55. The molecule has 5 nitrogen and oxygen atoms in total. The number of piperidine rings is 1. The van der Waals surface area contributed by atoms with Crippen molar-refractivity contribution in [3.8, 4) is 0 Å². The molecule has 1 aromatic heterocycles. The highest BCUT2D eigenvalue weighted by Gasteiger charge is 2.26. The van der Waals surface area contributed by atoms with E-state index < -0.39 is 0 Å². The van der Waals surface area contributed by atoms with Gasteiger partial charge in [0, 0.05) is 24.5 Å². The van der Waals surface area contributed by atoms with E-state index in [1.54, 1.807) is 17.0 Å². The summed E-state index contributed by atoms with van der Waals surface area (Å²) in [5.41, 5.74) is 6.08. The second kappa shape index (κ2) is 7.15. The summed E-state index contributed by atoms with van der Waals surface area (Å²) in [6.07, 6.45) is 1.84. The fourth-order valence-corrected chi connectivity index (χ4v) is 3.12. The van der Waals surface area contributed by atoms with Gasteiger partial charge in [-0.2, -0.15) is 0 Å². The molecule has 0 spiro atoms. The topological polar surface area (TPSA) is 79.2 Å². The molecule has 2 heterocycles. The van der Waals surface area contributed by atoms with Crippen LogP contribution in [0.15, 0.2) is 35.1 Å². The quantitative estimate of drug-likeness (QED) is 0.882. The summed E-state index contributed by atoms with van der Waals surface area (Å²) in [6, 6.07) is 9.22. The molecule has 1 saturated heterocycles. The molecule has 0 aliphatic carbocycles. The Morgan fingerprint density at radius 3 is 2.61 bits per heavy atom. The predicted octanol–water partition coefficient (Wildman–Crippen LogP) is 2.15. The van der Waals surface area contributed by atoms with Gasteiger partial charge in [0.25, 0.3) is 11.5 Å². The molecule has 1 aliphatic heterocycles. The zero-order valence-electron chi connectivity index (χ0n) is 13.1. The summed E-state index contributed by atoms with van der Waals surface area (Å²) in [5, 5.41) is 1.40. The molecule has 0 saturated carbocycles. The number of rotatable bonds is 2. The van der Waals surface area contributed by atoms with E-state index in [2.05, 4.69) is 4.98 Å². The molecular weight excluding hydrogens is 314 g/mol. The van der Waals surface area contributed by atoms with Crippen molar-refractivity contribution in [2.75, 3.05) is 13.1 Å². The lowest BCUT2D eigenvalue weighted by molar-refractivity contribution is 0.0675. The van der Waals surface area contributed by atoms with Crippen LogP contribution in [0.1, 0.15) is 30.3 Å². The standard InChI is InChI=1S/C17H21N3O2.ClH/c1-11(18)12-6-8-20(9-7-12)17(22)15-10-13-4-2-3-5-14(13)16(21)19-15;/h2-5,10-12H,6-9,18H2,1H3,(H,19,21);1H. The van der Waals surface area contributed by atoms with Crippen molar-refractivity contribution < 1.29 is 4.79 Å². The number of aromatic nitrogens is 1. The highest BCUT2D eigenvalue weighted by atomic mass is 35.5. The Balaban J connectivity index is 0.00000192. The first kappa shape index (κ1) is 17.5. The third-order valence-electron chi connectivity index (χ3n) is 4.55. The predicted molar refractivity (Wildman–Crippen MR) is 94.1 cm³/mol. The fourth-order valence-electron chi connectivity index (χ4n) is 3.12. The Morgan fingerprint density at radius 1 is 1.30 bits per heavy atom. The maximum atomic E-state index is 12.6. The number of nitrogens with two attached hydrogens (primary N) is 1. The molecule has 2 aromatic rings. The average Bonchev–Trinajstić information content (AvgIpc) is 2.54. The summed E-state index contributed by atoms with van der Waals surface area (Å²) in [5.74, 6) is 0.366. The van der Waals surface area contributed by atoms with Gasteiger partial charge in [-0.05, 0) is 43.2 Å². The smallest absolute Gasteiger partial charge is 0.270 e. The summed E-state index contributed by atoms with van der Waals surface area (Å²) in [4.78, 5) is 29.2. The average molecular weight is 336 g/mol. The van der Waals surface area contributed by atoms with Crippen molar-refractivity contribution in [3.63, 3.8) is 0 Å². The van der Waals surface area contributed by atoms with Gasteiger partial charge in [0.2, 0.25) is 0 Å². The number of carbonyl (C=O) groups excluding carboxylic acids is 1. The molecule has 0 bridgehead atoms. The van der Waals surface area contributed by atoms with E-state index in [4.69, 9.17) is 5.73 Å². The normalized spacial score (nSPS) is 16.9. The third kappa shape index (κ3) is 3.57. The van der Waals surface area contributed by atoms with Crippen LogP contribution in [0.2, 0.25) is 0 Å². The maximum Gasteiger partial charge on any atom is 0.270 e. The van der Waals surface area contributed by atoms with E-state index >= 15 is 0 Å². The van der Waals surface area contributed by atoms with E-state index in [0.717, 1.165) is 18.2 Å². The van der Waals surface area contributed by atoms with Gasteiger partial charge >= 0.3 is 0 Å². The lowest BCUT2D eigenvalue weighted by Crippen LogP contribution is -2.43. The van der Waals surface area contributed by atoms with Crippen LogP contribution in [0.25, 0.3) is 10.8 Å². The Morgan fingerprint density at radius 2 is 1.96 bits per heavy atom. The molecule has 1 amide bonds. The number of carbonyl (C=O) groups is 1. The number of H-pyrrole nitrogens is 1. The van der Waals surface area contributed by atoms with Crippen LogP contribution in [0.5, 0.6) is 0 Å².